The van der Waals surface area contributed by atoms with Crippen LogP contribution in [-0.2, 0) is 0 Å². The Morgan fingerprint density at radius 1 is 1.07 bits per heavy atom. The Morgan fingerprint density at radius 2 is 1.75 bits per heavy atom. The highest BCUT2D eigenvalue weighted by Gasteiger charge is 2.32. The van der Waals surface area contributed by atoms with Gasteiger partial charge in [-0.2, -0.15) is 5.26 Å². The molecule has 3 aromatic carbocycles. The Bertz CT molecular complexity index is 1140. The minimum Gasteiger partial charge on any atom is -0.495 e. The van der Waals surface area contributed by atoms with E-state index >= 15 is 0 Å². The molecule has 0 saturated heterocycles. The van der Waals surface area contributed by atoms with Gasteiger partial charge in [0.1, 0.15) is 33.4 Å². The van der Waals surface area contributed by atoms with E-state index in [1.807, 2.05) is 48.5 Å². The van der Waals surface area contributed by atoms with Gasteiger partial charge in [-0.05, 0) is 39.0 Å². The van der Waals surface area contributed by atoms with E-state index in [1.165, 1.54) is 0 Å². The van der Waals surface area contributed by atoms with Crippen LogP contribution in [-0.4, -0.2) is 14.2 Å². The lowest BCUT2D eigenvalue weighted by molar-refractivity contribution is 0.385. The molecule has 1 heterocycles. The molecule has 3 aromatic rings. The van der Waals surface area contributed by atoms with Gasteiger partial charge in [-0.25, -0.2) is 0 Å². The summed E-state index contributed by atoms with van der Waals surface area (Å²) in [6, 6.07) is 17.9. The molecule has 0 amide bonds. The van der Waals surface area contributed by atoms with E-state index in [-0.39, 0.29) is 5.88 Å². The summed E-state index contributed by atoms with van der Waals surface area (Å²) in [7, 11) is 3.17. The summed E-state index contributed by atoms with van der Waals surface area (Å²) in [5.74, 6) is 1.60. The molecule has 5 nitrogen and oxygen atoms in total. The summed E-state index contributed by atoms with van der Waals surface area (Å²) in [4.78, 5) is 0. The number of fused-ring (bicyclic) bond motifs is 3. The zero-order chi connectivity index (χ0) is 19.8. The number of nitriles is 1. The lowest BCUT2D eigenvalue weighted by Crippen LogP contribution is -2.21. The molecular formula is C22H17BrN2O3. The first-order valence-corrected chi connectivity index (χ1v) is 9.39. The molecule has 0 fully saturated rings. The summed E-state index contributed by atoms with van der Waals surface area (Å²) in [6.45, 7) is 0. The van der Waals surface area contributed by atoms with Crippen LogP contribution in [0, 0.1) is 11.3 Å². The Labute approximate surface area is 171 Å². The second-order valence-electron chi connectivity index (χ2n) is 6.37. The zero-order valence-electron chi connectivity index (χ0n) is 15.3. The average Bonchev–Trinajstić information content (AvgIpc) is 2.73. The van der Waals surface area contributed by atoms with E-state index in [0.717, 1.165) is 21.9 Å². The molecule has 1 unspecified atom stereocenters. The van der Waals surface area contributed by atoms with Gasteiger partial charge < -0.3 is 19.9 Å². The molecule has 1 aliphatic rings. The van der Waals surface area contributed by atoms with Crippen LogP contribution in [0.2, 0.25) is 0 Å². The maximum Gasteiger partial charge on any atom is 0.205 e. The second kappa shape index (κ2) is 7.10. The molecule has 6 heteroatoms. The van der Waals surface area contributed by atoms with Crippen LogP contribution in [0.5, 0.6) is 17.2 Å². The monoisotopic (exact) mass is 436 g/mol. The van der Waals surface area contributed by atoms with E-state index in [0.29, 0.717) is 27.3 Å². The number of hydrogen-bond acceptors (Lipinski definition) is 5. The zero-order valence-corrected chi connectivity index (χ0v) is 16.9. The number of benzene rings is 3. The fourth-order valence-corrected chi connectivity index (χ4v) is 4.14. The normalized spacial score (nSPS) is 15.6. The highest BCUT2D eigenvalue weighted by atomic mass is 79.9. The maximum atomic E-state index is 9.80. The van der Waals surface area contributed by atoms with Gasteiger partial charge in [0.15, 0.2) is 0 Å². The van der Waals surface area contributed by atoms with E-state index < -0.39 is 5.92 Å². The molecular weight excluding hydrogens is 420 g/mol. The molecule has 0 aromatic heterocycles. The van der Waals surface area contributed by atoms with Crippen molar-refractivity contribution in [3.63, 3.8) is 0 Å². The molecule has 28 heavy (non-hydrogen) atoms. The summed E-state index contributed by atoms with van der Waals surface area (Å²) < 4.78 is 17.6. The molecule has 0 saturated carbocycles. The van der Waals surface area contributed by atoms with Crippen molar-refractivity contribution in [3.8, 4) is 23.3 Å². The Morgan fingerprint density at radius 3 is 2.39 bits per heavy atom. The van der Waals surface area contributed by atoms with Crippen LogP contribution in [0.1, 0.15) is 17.0 Å². The Balaban J connectivity index is 2.02. The minimum atomic E-state index is -0.394. The Kier molecular flexibility index (Phi) is 4.62. The third-order valence-electron chi connectivity index (χ3n) is 4.91. The van der Waals surface area contributed by atoms with Crippen LogP contribution in [0.4, 0.5) is 0 Å². The van der Waals surface area contributed by atoms with Gasteiger partial charge in [0, 0.05) is 10.9 Å². The molecule has 140 valence electrons. The summed E-state index contributed by atoms with van der Waals surface area (Å²) >= 11 is 3.49. The highest BCUT2D eigenvalue weighted by Crippen LogP contribution is 2.48. The molecule has 0 radical (unpaired) electrons. The fourth-order valence-electron chi connectivity index (χ4n) is 3.59. The van der Waals surface area contributed by atoms with Crippen LogP contribution < -0.4 is 19.9 Å². The molecule has 0 aliphatic carbocycles. The van der Waals surface area contributed by atoms with Crippen molar-refractivity contribution >= 4 is 26.7 Å². The quantitative estimate of drug-likeness (QED) is 0.635. The molecule has 1 atom stereocenters. The smallest absolute Gasteiger partial charge is 0.205 e. The van der Waals surface area contributed by atoms with Gasteiger partial charge >= 0.3 is 0 Å². The average molecular weight is 437 g/mol. The maximum absolute atomic E-state index is 9.80. The third-order valence-corrected chi connectivity index (χ3v) is 5.69. The lowest BCUT2D eigenvalue weighted by atomic mass is 9.82. The first kappa shape index (κ1) is 18.2. The molecule has 0 bridgehead atoms. The summed E-state index contributed by atoms with van der Waals surface area (Å²) in [5, 5.41) is 11.8. The second-order valence-corrected chi connectivity index (χ2v) is 7.16. The topological polar surface area (TPSA) is 77.5 Å². The predicted octanol–water partition coefficient (Wildman–Crippen LogP) is 4.84. The van der Waals surface area contributed by atoms with E-state index in [4.69, 9.17) is 19.9 Å². The summed E-state index contributed by atoms with van der Waals surface area (Å²) in [6.07, 6.45) is 0. The number of nitrogens with two attached hydrogens (primary N) is 1. The van der Waals surface area contributed by atoms with Crippen LogP contribution in [0.25, 0.3) is 10.8 Å². The van der Waals surface area contributed by atoms with Crippen molar-refractivity contribution in [1.82, 2.24) is 0 Å². The molecule has 4 rings (SSSR count). The Hall–Kier alpha value is -3.17. The van der Waals surface area contributed by atoms with Crippen molar-refractivity contribution in [2.24, 2.45) is 5.73 Å². The van der Waals surface area contributed by atoms with Crippen molar-refractivity contribution in [2.75, 3.05) is 14.2 Å². The van der Waals surface area contributed by atoms with Crippen molar-refractivity contribution in [3.05, 3.63) is 75.6 Å². The van der Waals surface area contributed by atoms with E-state index in [2.05, 4.69) is 22.0 Å². The number of hydrogen-bond donors (Lipinski definition) is 1. The van der Waals surface area contributed by atoms with Crippen molar-refractivity contribution < 1.29 is 14.2 Å². The van der Waals surface area contributed by atoms with E-state index in [1.54, 1.807) is 14.2 Å². The first-order chi connectivity index (χ1) is 13.6. The number of halogens is 1. The van der Waals surface area contributed by atoms with Gasteiger partial charge in [0.25, 0.3) is 0 Å². The van der Waals surface area contributed by atoms with E-state index in [9.17, 15) is 5.26 Å². The number of methoxy groups -OCH3 is 2. The number of ether oxygens (including phenoxy) is 3. The van der Waals surface area contributed by atoms with Gasteiger partial charge in [-0.15, -0.1) is 0 Å². The third kappa shape index (κ3) is 2.76. The van der Waals surface area contributed by atoms with Crippen molar-refractivity contribution in [2.45, 2.75) is 5.92 Å². The van der Waals surface area contributed by atoms with Gasteiger partial charge in [0.2, 0.25) is 5.88 Å². The minimum absolute atomic E-state index is 0.109. The predicted molar refractivity (Wildman–Crippen MR) is 110 cm³/mol. The van der Waals surface area contributed by atoms with Gasteiger partial charge in [-0.1, -0.05) is 36.4 Å². The number of allylic oxidation sites excluding steroid dienone is 1. The lowest BCUT2D eigenvalue weighted by Gasteiger charge is -2.28. The first-order valence-electron chi connectivity index (χ1n) is 8.59. The fraction of sp³-hybridized carbons (Fsp3) is 0.136. The summed E-state index contributed by atoms with van der Waals surface area (Å²) in [5.41, 5.74) is 8.21. The van der Waals surface area contributed by atoms with Gasteiger partial charge in [0.05, 0.1) is 20.1 Å². The van der Waals surface area contributed by atoms with Gasteiger partial charge in [-0.3, -0.25) is 0 Å². The highest BCUT2D eigenvalue weighted by molar-refractivity contribution is 9.10. The molecule has 2 N–H and O–H groups in total. The van der Waals surface area contributed by atoms with Crippen LogP contribution in [0.15, 0.2) is 64.5 Å². The SMILES string of the molecule is COc1cc(C2C(C#N)=C(N)Oc3c2ccc2ccccc32)cc(OC)c1Br. The van der Waals surface area contributed by atoms with Crippen LogP contribution >= 0.6 is 15.9 Å². The molecule has 1 aliphatic heterocycles. The number of rotatable bonds is 3. The largest absolute Gasteiger partial charge is 0.495 e. The standard InChI is InChI=1S/C22H17BrN2O3/c1-26-17-9-13(10-18(27-2)20(17)23)19-15-8-7-12-5-3-4-6-14(12)21(15)28-22(25)16(19)11-24/h3-10,19H,25H2,1-2H3. The van der Waals surface area contributed by atoms with Crippen molar-refractivity contribution in [1.29, 1.82) is 5.26 Å². The molecule has 0 spiro atoms. The number of nitrogens with zero attached hydrogens (tertiary/aromatic N) is 1. The van der Waals surface area contributed by atoms with Crippen LogP contribution in [0.3, 0.4) is 0 Å².